The first-order valence-corrected chi connectivity index (χ1v) is 7.22. The third-order valence-electron chi connectivity index (χ3n) is 2.43. The molecule has 0 atom stereocenters. The van der Waals surface area contributed by atoms with Gasteiger partial charge in [-0.1, -0.05) is 35.3 Å². The lowest BCUT2D eigenvalue weighted by Crippen LogP contribution is -1.79. The molecule has 3 rings (SSSR count). The van der Waals surface area contributed by atoms with Gasteiger partial charge in [0.2, 0.25) is 0 Å². The van der Waals surface area contributed by atoms with E-state index < -0.39 is 0 Å². The summed E-state index contributed by atoms with van der Waals surface area (Å²) in [5, 5.41) is 6.91. The van der Waals surface area contributed by atoms with Crippen molar-refractivity contribution in [2.45, 2.75) is 0 Å². The molecule has 3 aromatic rings. The topological polar surface area (TPSA) is 51.3 Å². The average Bonchev–Trinajstić information content (AvgIpc) is 3.06. The van der Waals surface area contributed by atoms with Gasteiger partial charge in [0.05, 0.1) is 5.02 Å². The lowest BCUT2D eigenvalue weighted by atomic mass is 10.2. The van der Waals surface area contributed by atoms with E-state index in [1.807, 2.05) is 17.5 Å². The van der Waals surface area contributed by atoms with Gasteiger partial charge in [-0.15, -0.1) is 11.3 Å². The fourth-order valence-electron chi connectivity index (χ4n) is 1.49. The second-order valence-electron chi connectivity index (χ2n) is 3.81. The van der Waals surface area contributed by atoms with Crippen LogP contribution < -0.4 is 0 Å². The number of benzene rings is 1. The van der Waals surface area contributed by atoms with E-state index in [2.05, 4.69) is 15.1 Å². The van der Waals surface area contributed by atoms with Gasteiger partial charge in [0.15, 0.2) is 0 Å². The van der Waals surface area contributed by atoms with Crippen molar-refractivity contribution in [3.05, 3.63) is 51.3 Å². The maximum absolute atomic E-state index is 6.00. The number of rotatable bonds is 3. The lowest BCUT2D eigenvalue weighted by molar-refractivity contribution is 0.433. The number of aliphatic imine (C=N–C) groups is 1. The van der Waals surface area contributed by atoms with Crippen LogP contribution >= 0.6 is 34.5 Å². The van der Waals surface area contributed by atoms with Crippen LogP contribution in [-0.4, -0.2) is 16.4 Å². The van der Waals surface area contributed by atoms with Crippen molar-refractivity contribution in [3.63, 3.8) is 0 Å². The van der Waals surface area contributed by atoms with Gasteiger partial charge in [-0.2, -0.15) is 4.98 Å². The Morgan fingerprint density at radius 3 is 2.65 bits per heavy atom. The van der Waals surface area contributed by atoms with Gasteiger partial charge >= 0.3 is 0 Å². The van der Waals surface area contributed by atoms with E-state index in [4.69, 9.17) is 27.7 Å². The van der Waals surface area contributed by atoms with Crippen molar-refractivity contribution < 1.29 is 4.52 Å². The van der Waals surface area contributed by atoms with Crippen molar-refractivity contribution in [2.24, 2.45) is 4.99 Å². The first-order valence-electron chi connectivity index (χ1n) is 5.59. The Labute approximate surface area is 128 Å². The molecule has 0 unspecified atom stereocenters. The number of nitrogens with zero attached hydrogens (tertiary/aromatic N) is 3. The summed E-state index contributed by atoms with van der Waals surface area (Å²) in [7, 11) is 0. The van der Waals surface area contributed by atoms with E-state index in [1.165, 1.54) is 11.3 Å². The SMILES string of the molecule is Clc1ccc(C=Nc2noc(-c3sccc3Cl)n2)cc1. The zero-order valence-corrected chi connectivity index (χ0v) is 12.3. The highest BCUT2D eigenvalue weighted by atomic mass is 35.5. The standard InChI is InChI=1S/C13H7Cl2N3OS/c14-9-3-1-8(2-4-9)7-16-13-17-12(19-18-13)11-10(15)5-6-20-11/h1-7H. The van der Waals surface area contributed by atoms with E-state index in [0.29, 0.717) is 15.9 Å². The molecular formula is C13H7Cl2N3OS. The van der Waals surface area contributed by atoms with E-state index in [0.717, 1.165) is 10.4 Å². The predicted octanol–water partition coefficient (Wildman–Crippen LogP) is 4.86. The molecule has 2 heterocycles. The average molecular weight is 324 g/mol. The van der Waals surface area contributed by atoms with Crippen LogP contribution in [0.15, 0.2) is 45.2 Å². The van der Waals surface area contributed by atoms with Crippen molar-refractivity contribution >= 4 is 46.7 Å². The number of thiophene rings is 1. The van der Waals surface area contributed by atoms with Gasteiger partial charge < -0.3 is 4.52 Å². The Hall–Kier alpha value is -1.69. The van der Waals surface area contributed by atoms with E-state index in [-0.39, 0.29) is 5.95 Å². The maximum atomic E-state index is 6.00. The summed E-state index contributed by atoms with van der Waals surface area (Å²) in [5.41, 5.74) is 0.898. The first kappa shape index (κ1) is 13.3. The minimum Gasteiger partial charge on any atom is -0.331 e. The monoisotopic (exact) mass is 323 g/mol. The second kappa shape index (κ2) is 5.75. The molecule has 2 aromatic heterocycles. The molecule has 7 heteroatoms. The van der Waals surface area contributed by atoms with Crippen LogP contribution in [0.25, 0.3) is 10.8 Å². The molecule has 0 fully saturated rings. The van der Waals surface area contributed by atoms with Crippen LogP contribution in [0.2, 0.25) is 10.0 Å². The molecule has 0 saturated carbocycles. The molecule has 0 amide bonds. The third kappa shape index (κ3) is 2.90. The zero-order valence-electron chi connectivity index (χ0n) is 9.96. The molecule has 20 heavy (non-hydrogen) atoms. The Kier molecular flexibility index (Phi) is 3.82. The Morgan fingerprint density at radius 2 is 1.95 bits per heavy atom. The molecule has 0 aliphatic heterocycles. The minimum absolute atomic E-state index is 0.249. The molecule has 4 nitrogen and oxygen atoms in total. The summed E-state index contributed by atoms with van der Waals surface area (Å²) in [4.78, 5) is 9.06. The summed E-state index contributed by atoms with van der Waals surface area (Å²) in [6.07, 6.45) is 1.64. The van der Waals surface area contributed by atoms with Crippen LogP contribution in [0.1, 0.15) is 5.56 Å². The highest BCUT2D eigenvalue weighted by molar-refractivity contribution is 7.14. The van der Waals surface area contributed by atoms with Crippen molar-refractivity contribution in [1.82, 2.24) is 10.1 Å². The van der Waals surface area contributed by atoms with Crippen LogP contribution in [-0.2, 0) is 0 Å². The van der Waals surface area contributed by atoms with Crippen LogP contribution in [0.5, 0.6) is 0 Å². The summed E-state index contributed by atoms with van der Waals surface area (Å²) in [6.45, 7) is 0. The maximum Gasteiger partial charge on any atom is 0.289 e. The predicted molar refractivity (Wildman–Crippen MR) is 81.3 cm³/mol. The van der Waals surface area contributed by atoms with Gasteiger partial charge in [-0.05, 0) is 34.3 Å². The summed E-state index contributed by atoms with van der Waals surface area (Å²) < 4.78 is 5.13. The smallest absolute Gasteiger partial charge is 0.289 e. The van der Waals surface area contributed by atoms with E-state index in [9.17, 15) is 0 Å². The summed E-state index contributed by atoms with van der Waals surface area (Å²) in [5.74, 6) is 0.618. The molecule has 0 aliphatic rings. The minimum atomic E-state index is 0.249. The molecule has 0 saturated heterocycles. The molecule has 0 N–H and O–H groups in total. The summed E-state index contributed by atoms with van der Waals surface area (Å²) in [6, 6.07) is 9.06. The van der Waals surface area contributed by atoms with Crippen LogP contribution in [0.4, 0.5) is 5.95 Å². The highest BCUT2D eigenvalue weighted by Gasteiger charge is 2.12. The molecule has 0 aliphatic carbocycles. The quantitative estimate of drug-likeness (QED) is 0.647. The first-order chi connectivity index (χ1) is 9.72. The molecule has 0 spiro atoms. The number of aromatic nitrogens is 2. The van der Waals surface area contributed by atoms with Crippen LogP contribution in [0, 0.1) is 0 Å². The second-order valence-corrected chi connectivity index (χ2v) is 5.57. The number of hydrogen-bond acceptors (Lipinski definition) is 5. The number of halogens is 2. The van der Waals surface area contributed by atoms with Gasteiger partial charge in [-0.3, -0.25) is 0 Å². The van der Waals surface area contributed by atoms with Crippen molar-refractivity contribution in [3.8, 4) is 10.8 Å². The molecule has 0 bridgehead atoms. The molecular weight excluding hydrogens is 317 g/mol. The highest BCUT2D eigenvalue weighted by Crippen LogP contribution is 2.32. The molecule has 0 radical (unpaired) electrons. The van der Waals surface area contributed by atoms with Gasteiger partial charge in [0.25, 0.3) is 11.8 Å². The van der Waals surface area contributed by atoms with Crippen LogP contribution in [0.3, 0.4) is 0 Å². The fraction of sp³-hybridized carbons (Fsp3) is 0. The third-order valence-corrected chi connectivity index (χ3v) is 4.01. The summed E-state index contributed by atoms with van der Waals surface area (Å²) >= 11 is 13.2. The Bertz CT molecular complexity index is 749. The van der Waals surface area contributed by atoms with Crippen molar-refractivity contribution in [2.75, 3.05) is 0 Å². The Morgan fingerprint density at radius 1 is 1.15 bits per heavy atom. The fourth-order valence-corrected chi connectivity index (χ4v) is 2.67. The number of hydrogen-bond donors (Lipinski definition) is 0. The van der Waals surface area contributed by atoms with Gasteiger partial charge in [0, 0.05) is 11.2 Å². The van der Waals surface area contributed by atoms with Gasteiger partial charge in [-0.25, -0.2) is 4.99 Å². The largest absolute Gasteiger partial charge is 0.331 e. The van der Waals surface area contributed by atoms with E-state index >= 15 is 0 Å². The normalized spacial score (nSPS) is 11.3. The molecule has 1 aromatic carbocycles. The zero-order chi connectivity index (χ0) is 13.9. The lowest BCUT2D eigenvalue weighted by Gasteiger charge is -1.91. The van der Waals surface area contributed by atoms with Crippen molar-refractivity contribution in [1.29, 1.82) is 0 Å². The van der Waals surface area contributed by atoms with E-state index in [1.54, 1.807) is 24.4 Å². The molecule has 100 valence electrons. The Balaban J connectivity index is 1.81. The van der Waals surface area contributed by atoms with Gasteiger partial charge in [0.1, 0.15) is 4.88 Å².